The molecule has 0 saturated carbocycles. The van der Waals surface area contributed by atoms with E-state index in [1.807, 2.05) is 30.0 Å². The molecular formula is C30H28S4. The van der Waals surface area contributed by atoms with Crippen molar-refractivity contribution in [2.45, 2.75) is 34.0 Å². The minimum absolute atomic E-state index is 0.0771. The first kappa shape index (κ1) is 25.4. The Morgan fingerprint density at radius 3 is 1.88 bits per heavy atom. The molecule has 0 aliphatic heterocycles. The van der Waals surface area contributed by atoms with Gasteiger partial charge in [-0.1, -0.05) is 97.1 Å². The van der Waals surface area contributed by atoms with E-state index in [2.05, 4.69) is 97.6 Å². The van der Waals surface area contributed by atoms with E-state index >= 15 is 0 Å². The Hall–Kier alpha value is -1.72. The molecule has 0 aliphatic carbocycles. The molecule has 4 rings (SSSR count). The number of benzene rings is 4. The first-order valence-electron chi connectivity index (χ1n) is 11.3. The van der Waals surface area contributed by atoms with Gasteiger partial charge in [-0.3, -0.25) is 0 Å². The topological polar surface area (TPSA) is 0 Å². The molecule has 34 heavy (non-hydrogen) atoms. The molecule has 0 heterocycles. The predicted molar refractivity (Wildman–Crippen MR) is 158 cm³/mol. The normalized spacial score (nSPS) is 14.0. The molecule has 0 saturated heterocycles. The van der Waals surface area contributed by atoms with Gasteiger partial charge >= 0.3 is 0 Å². The summed E-state index contributed by atoms with van der Waals surface area (Å²) in [6.45, 7) is 0. The lowest BCUT2D eigenvalue weighted by Crippen LogP contribution is -2.40. The summed E-state index contributed by atoms with van der Waals surface area (Å²) in [5.41, 5.74) is 3.97. The fourth-order valence-electron chi connectivity index (χ4n) is 4.93. The van der Waals surface area contributed by atoms with Crippen molar-refractivity contribution in [3.05, 3.63) is 142 Å². The maximum Gasteiger partial charge on any atom is 0.0729 e. The number of hydrogen-bond acceptors (Lipinski definition) is 4. The van der Waals surface area contributed by atoms with Gasteiger partial charge in [-0.05, 0) is 53.1 Å². The zero-order valence-corrected chi connectivity index (χ0v) is 22.3. The highest BCUT2D eigenvalue weighted by molar-refractivity contribution is 7.84. The highest BCUT2D eigenvalue weighted by Gasteiger charge is 2.49. The summed E-state index contributed by atoms with van der Waals surface area (Å²) in [6.07, 6.45) is 1.75. The Balaban J connectivity index is 2.12. The SMILES string of the molecule is S[CH]CCC(c1ccccc1)C([C](S)c1ccccc1S)(c1ccccc1)c1ccccc1S. The summed E-state index contributed by atoms with van der Waals surface area (Å²) >= 11 is 19.6. The van der Waals surface area contributed by atoms with Gasteiger partial charge in [0.1, 0.15) is 0 Å². The first-order chi connectivity index (χ1) is 16.6. The summed E-state index contributed by atoms with van der Waals surface area (Å²) in [7, 11) is 0. The largest absolute Gasteiger partial charge is 0.175 e. The molecule has 2 atom stereocenters. The Morgan fingerprint density at radius 2 is 1.26 bits per heavy atom. The minimum atomic E-state index is -0.598. The molecule has 0 N–H and O–H groups in total. The second kappa shape index (κ2) is 11.8. The molecule has 0 amide bonds. The maximum absolute atomic E-state index is 5.36. The number of rotatable bonds is 9. The van der Waals surface area contributed by atoms with Crippen LogP contribution in [0.4, 0.5) is 0 Å². The summed E-state index contributed by atoms with van der Waals surface area (Å²) in [4.78, 5) is 1.84. The second-order valence-corrected chi connectivity index (χ2v) is 10.1. The van der Waals surface area contributed by atoms with E-state index in [9.17, 15) is 0 Å². The number of hydrogen-bond donors (Lipinski definition) is 4. The van der Waals surface area contributed by atoms with E-state index in [0.717, 1.165) is 39.0 Å². The van der Waals surface area contributed by atoms with Crippen molar-refractivity contribution in [2.75, 3.05) is 0 Å². The van der Waals surface area contributed by atoms with Crippen LogP contribution in [0.15, 0.2) is 119 Å². The average Bonchev–Trinajstić information content (AvgIpc) is 2.88. The third-order valence-corrected chi connectivity index (χ3v) is 8.03. The molecule has 0 aliphatic rings. The van der Waals surface area contributed by atoms with E-state index in [1.165, 1.54) is 11.1 Å². The van der Waals surface area contributed by atoms with Crippen LogP contribution < -0.4 is 0 Å². The molecule has 0 spiro atoms. The van der Waals surface area contributed by atoms with Crippen molar-refractivity contribution in [3.8, 4) is 0 Å². The lowest BCUT2D eigenvalue weighted by Gasteiger charge is -2.47. The van der Waals surface area contributed by atoms with Gasteiger partial charge in [0.25, 0.3) is 0 Å². The van der Waals surface area contributed by atoms with Crippen molar-refractivity contribution < 1.29 is 0 Å². The molecule has 0 fully saturated rings. The zero-order chi connectivity index (χ0) is 24.0. The Labute approximate surface area is 225 Å². The molecule has 0 nitrogen and oxygen atoms in total. The fraction of sp³-hybridized carbons (Fsp3) is 0.133. The minimum Gasteiger partial charge on any atom is -0.175 e. The average molecular weight is 517 g/mol. The van der Waals surface area contributed by atoms with Gasteiger partial charge in [-0.15, -0.1) is 25.3 Å². The molecule has 172 valence electrons. The monoisotopic (exact) mass is 516 g/mol. The summed E-state index contributed by atoms with van der Waals surface area (Å²) < 4.78 is 0. The molecule has 4 aromatic carbocycles. The van der Waals surface area contributed by atoms with E-state index in [1.54, 1.807) is 0 Å². The van der Waals surface area contributed by atoms with Crippen LogP contribution in [-0.4, -0.2) is 0 Å². The molecule has 0 aromatic heterocycles. The van der Waals surface area contributed by atoms with Crippen LogP contribution in [0.1, 0.15) is 41.0 Å². The Kier molecular flexibility index (Phi) is 8.81. The smallest absolute Gasteiger partial charge is 0.0729 e. The third kappa shape index (κ3) is 4.97. The van der Waals surface area contributed by atoms with Gasteiger partial charge < -0.3 is 0 Å². The van der Waals surface area contributed by atoms with Gasteiger partial charge in [0.15, 0.2) is 0 Å². The van der Waals surface area contributed by atoms with Crippen molar-refractivity contribution >= 4 is 50.5 Å². The first-order valence-corrected chi connectivity index (χ1v) is 13.2. The van der Waals surface area contributed by atoms with Crippen LogP contribution in [0.3, 0.4) is 0 Å². The van der Waals surface area contributed by atoms with Crippen LogP contribution in [-0.2, 0) is 5.41 Å². The van der Waals surface area contributed by atoms with Crippen LogP contribution in [0, 0.1) is 11.0 Å². The lowest BCUT2D eigenvalue weighted by molar-refractivity contribution is 0.429. The summed E-state index contributed by atoms with van der Waals surface area (Å²) in [5.74, 6) is 2.02. The van der Waals surface area contributed by atoms with Crippen LogP contribution in [0.25, 0.3) is 0 Å². The third-order valence-electron chi connectivity index (χ3n) is 6.40. The second-order valence-electron chi connectivity index (χ2n) is 8.28. The van der Waals surface area contributed by atoms with Crippen molar-refractivity contribution in [2.24, 2.45) is 0 Å². The Bertz CT molecular complexity index is 1190. The van der Waals surface area contributed by atoms with E-state index in [-0.39, 0.29) is 5.92 Å². The highest BCUT2D eigenvalue weighted by atomic mass is 32.1. The maximum atomic E-state index is 5.36. The quantitative estimate of drug-likeness (QED) is 0.157. The van der Waals surface area contributed by atoms with E-state index < -0.39 is 5.41 Å². The van der Waals surface area contributed by atoms with Crippen molar-refractivity contribution in [1.29, 1.82) is 0 Å². The molecule has 2 unspecified atom stereocenters. The molecule has 4 heteroatoms. The fourth-order valence-corrected chi connectivity index (χ4v) is 6.37. The van der Waals surface area contributed by atoms with Crippen LogP contribution in [0.2, 0.25) is 0 Å². The van der Waals surface area contributed by atoms with Gasteiger partial charge in [-0.25, -0.2) is 0 Å². The molecule has 2 radical (unpaired) electrons. The van der Waals surface area contributed by atoms with E-state index in [0.29, 0.717) is 0 Å². The van der Waals surface area contributed by atoms with Crippen LogP contribution >= 0.6 is 50.5 Å². The van der Waals surface area contributed by atoms with Gasteiger partial charge in [-0.2, -0.15) is 25.3 Å². The zero-order valence-electron chi connectivity index (χ0n) is 18.8. The highest BCUT2D eigenvalue weighted by Crippen LogP contribution is 2.58. The summed E-state index contributed by atoms with van der Waals surface area (Å²) in [6, 6.07) is 38.0. The van der Waals surface area contributed by atoms with E-state index in [4.69, 9.17) is 37.9 Å². The predicted octanol–water partition coefficient (Wildman–Crippen LogP) is 8.72. The Morgan fingerprint density at radius 1 is 0.706 bits per heavy atom. The summed E-state index contributed by atoms with van der Waals surface area (Å²) in [5, 5.41) is 0.957. The van der Waals surface area contributed by atoms with Crippen molar-refractivity contribution in [1.82, 2.24) is 0 Å². The van der Waals surface area contributed by atoms with Gasteiger partial charge in [0.2, 0.25) is 0 Å². The standard InChI is InChI=1S/C30H28S4/c31-21-11-18-25(22-12-3-1-4-13-22)30(23-14-5-2-6-15-23,26-17-8-10-20-28(26)33)29(34)24-16-7-9-19-27(24)32/h1-10,12-17,19-21,25,31-34H,11,18H2. The molecular weight excluding hydrogens is 489 g/mol. The van der Waals surface area contributed by atoms with Crippen molar-refractivity contribution in [3.63, 3.8) is 0 Å². The molecule has 4 aromatic rings. The van der Waals surface area contributed by atoms with Gasteiger partial charge in [0.05, 0.1) is 5.25 Å². The van der Waals surface area contributed by atoms with Gasteiger partial charge in [0, 0.05) is 21.0 Å². The number of thiol groups is 4. The lowest BCUT2D eigenvalue weighted by atomic mass is 9.59. The van der Waals surface area contributed by atoms with Crippen LogP contribution in [0.5, 0.6) is 0 Å². The molecule has 0 bridgehead atoms.